The predicted octanol–water partition coefficient (Wildman–Crippen LogP) is 3.21. The van der Waals surface area contributed by atoms with Crippen LogP contribution in [0.25, 0.3) is 0 Å². The number of rotatable bonds is 11. The van der Waals surface area contributed by atoms with E-state index < -0.39 is 5.97 Å². The lowest BCUT2D eigenvalue weighted by Crippen LogP contribution is -2.15. The van der Waals surface area contributed by atoms with Crippen molar-refractivity contribution in [1.29, 1.82) is 0 Å². The van der Waals surface area contributed by atoms with Gasteiger partial charge in [-0.05, 0) is 30.7 Å². The fraction of sp³-hybridized carbons (Fsp3) is 0.562. The van der Waals surface area contributed by atoms with E-state index in [9.17, 15) is 4.79 Å². The first kappa shape index (κ1) is 16.5. The zero-order valence-corrected chi connectivity index (χ0v) is 12.2. The van der Waals surface area contributed by atoms with Gasteiger partial charge in [0.15, 0.2) is 6.61 Å². The molecule has 0 aliphatic rings. The summed E-state index contributed by atoms with van der Waals surface area (Å²) in [5.41, 5.74) is 1.11. The molecule has 0 saturated heterocycles. The number of carbonyl (C=O) groups is 1. The van der Waals surface area contributed by atoms with Gasteiger partial charge in [0.1, 0.15) is 5.75 Å². The van der Waals surface area contributed by atoms with Crippen molar-refractivity contribution in [1.82, 2.24) is 5.32 Å². The van der Waals surface area contributed by atoms with E-state index in [1.54, 1.807) is 6.07 Å². The molecule has 112 valence electrons. The summed E-state index contributed by atoms with van der Waals surface area (Å²) in [5, 5.41) is 12.0. The van der Waals surface area contributed by atoms with E-state index >= 15 is 0 Å². The van der Waals surface area contributed by atoms with Crippen LogP contribution in [0.2, 0.25) is 0 Å². The monoisotopic (exact) mass is 279 g/mol. The minimum Gasteiger partial charge on any atom is -0.482 e. The molecule has 0 fully saturated rings. The second kappa shape index (κ2) is 10.3. The normalized spacial score (nSPS) is 10.4. The average molecular weight is 279 g/mol. The molecule has 0 unspecified atom stereocenters. The molecule has 0 aliphatic heterocycles. The van der Waals surface area contributed by atoms with Gasteiger partial charge in [-0.25, -0.2) is 4.79 Å². The van der Waals surface area contributed by atoms with Crippen LogP contribution < -0.4 is 10.1 Å². The molecule has 0 heterocycles. The van der Waals surface area contributed by atoms with Gasteiger partial charge in [0.2, 0.25) is 0 Å². The molecule has 1 aromatic carbocycles. The van der Waals surface area contributed by atoms with Crippen LogP contribution in [0.1, 0.15) is 44.6 Å². The van der Waals surface area contributed by atoms with Crippen molar-refractivity contribution < 1.29 is 14.6 Å². The van der Waals surface area contributed by atoms with Crippen molar-refractivity contribution in [3.05, 3.63) is 29.8 Å². The second-order valence-electron chi connectivity index (χ2n) is 4.92. The summed E-state index contributed by atoms with van der Waals surface area (Å²) in [6, 6.07) is 7.55. The number of carboxylic acids is 1. The van der Waals surface area contributed by atoms with Gasteiger partial charge in [-0.15, -0.1) is 0 Å². The van der Waals surface area contributed by atoms with Crippen LogP contribution in [0.5, 0.6) is 5.75 Å². The molecule has 20 heavy (non-hydrogen) atoms. The van der Waals surface area contributed by atoms with Crippen molar-refractivity contribution in [3.63, 3.8) is 0 Å². The van der Waals surface area contributed by atoms with Gasteiger partial charge in [-0.2, -0.15) is 0 Å². The molecule has 1 rings (SSSR count). The van der Waals surface area contributed by atoms with Crippen molar-refractivity contribution in [2.45, 2.75) is 45.6 Å². The van der Waals surface area contributed by atoms with E-state index in [0.29, 0.717) is 5.75 Å². The maximum Gasteiger partial charge on any atom is 0.341 e. The Hall–Kier alpha value is -1.55. The number of benzene rings is 1. The lowest BCUT2D eigenvalue weighted by Gasteiger charge is -2.07. The third kappa shape index (κ3) is 7.79. The summed E-state index contributed by atoms with van der Waals surface area (Å²) >= 11 is 0. The van der Waals surface area contributed by atoms with Crippen molar-refractivity contribution in [3.8, 4) is 5.75 Å². The summed E-state index contributed by atoms with van der Waals surface area (Å²) in [5.74, 6) is -0.352. The number of aliphatic carboxylic acids is 1. The minimum absolute atomic E-state index is 0.297. The number of ether oxygens (including phenoxy) is 1. The zero-order chi connectivity index (χ0) is 14.6. The molecular weight excluding hydrogens is 254 g/mol. The Bertz CT molecular complexity index is 393. The Morgan fingerprint density at radius 2 is 2.05 bits per heavy atom. The number of hydrogen-bond acceptors (Lipinski definition) is 3. The van der Waals surface area contributed by atoms with E-state index in [0.717, 1.165) is 18.7 Å². The van der Waals surface area contributed by atoms with Gasteiger partial charge in [-0.3, -0.25) is 0 Å². The summed E-state index contributed by atoms with van der Waals surface area (Å²) in [7, 11) is 0. The van der Waals surface area contributed by atoms with Gasteiger partial charge < -0.3 is 15.2 Å². The fourth-order valence-electron chi connectivity index (χ4n) is 1.98. The van der Waals surface area contributed by atoms with Gasteiger partial charge in [-0.1, -0.05) is 44.7 Å². The second-order valence-corrected chi connectivity index (χ2v) is 4.92. The third-order valence-electron chi connectivity index (χ3n) is 3.05. The van der Waals surface area contributed by atoms with Crippen LogP contribution in [0.3, 0.4) is 0 Å². The third-order valence-corrected chi connectivity index (χ3v) is 3.05. The van der Waals surface area contributed by atoms with Crippen LogP contribution in [0.4, 0.5) is 0 Å². The Morgan fingerprint density at radius 1 is 1.25 bits per heavy atom. The highest BCUT2D eigenvalue weighted by Gasteiger charge is 2.00. The van der Waals surface area contributed by atoms with E-state index in [2.05, 4.69) is 12.2 Å². The van der Waals surface area contributed by atoms with Gasteiger partial charge in [0.25, 0.3) is 0 Å². The molecule has 1 aromatic rings. The van der Waals surface area contributed by atoms with Crippen LogP contribution in [-0.2, 0) is 11.3 Å². The number of hydrogen-bond donors (Lipinski definition) is 2. The maximum atomic E-state index is 10.4. The zero-order valence-electron chi connectivity index (χ0n) is 12.2. The van der Waals surface area contributed by atoms with Crippen LogP contribution in [0.15, 0.2) is 24.3 Å². The molecule has 0 radical (unpaired) electrons. The fourth-order valence-corrected chi connectivity index (χ4v) is 1.98. The molecule has 2 N–H and O–H groups in total. The predicted molar refractivity (Wildman–Crippen MR) is 80.0 cm³/mol. The van der Waals surface area contributed by atoms with E-state index in [-0.39, 0.29) is 6.61 Å². The van der Waals surface area contributed by atoms with Gasteiger partial charge in [0, 0.05) is 6.54 Å². The van der Waals surface area contributed by atoms with E-state index in [4.69, 9.17) is 9.84 Å². The standard InChI is InChI=1S/C16H25NO3/c1-2-3-4-5-6-10-17-12-14-8-7-9-15(11-14)20-13-16(18)19/h7-9,11,17H,2-6,10,12-13H2,1H3,(H,18,19). The average Bonchev–Trinajstić information content (AvgIpc) is 2.45. The van der Waals surface area contributed by atoms with Crippen molar-refractivity contribution in [2.75, 3.05) is 13.2 Å². The summed E-state index contributed by atoms with van der Waals surface area (Å²) < 4.78 is 5.15. The van der Waals surface area contributed by atoms with Crippen LogP contribution in [0, 0.1) is 0 Å². The molecule has 0 saturated carbocycles. The quantitative estimate of drug-likeness (QED) is 0.611. The van der Waals surface area contributed by atoms with E-state index in [1.807, 2.05) is 18.2 Å². The molecule has 4 nitrogen and oxygen atoms in total. The first-order valence-electron chi connectivity index (χ1n) is 7.36. The molecule has 0 bridgehead atoms. The van der Waals surface area contributed by atoms with Gasteiger partial charge in [0.05, 0.1) is 0 Å². The van der Waals surface area contributed by atoms with Crippen molar-refractivity contribution in [2.24, 2.45) is 0 Å². The summed E-state index contributed by atoms with van der Waals surface area (Å²) in [4.78, 5) is 10.4. The molecular formula is C16H25NO3. The first-order chi connectivity index (χ1) is 9.72. The summed E-state index contributed by atoms with van der Waals surface area (Å²) in [6.07, 6.45) is 6.40. The van der Waals surface area contributed by atoms with Crippen LogP contribution >= 0.6 is 0 Å². The molecule has 4 heteroatoms. The lowest BCUT2D eigenvalue weighted by molar-refractivity contribution is -0.139. The highest BCUT2D eigenvalue weighted by atomic mass is 16.5. The van der Waals surface area contributed by atoms with Gasteiger partial charge >= 0.3 is 5.97 Å². The van der Waals surface area contributed by atoms with E-state index in [1.165, 1.54) is 32.1 Å². The Balaban J connectivity index is 2.19. The lowest BCUT2D eigenvalue weighted by atomic mass is 10.1. The number of unbranched alkanes of at least 4 members (excludes halogenated alkanes) is 4. The molecule has 0 aliphatic carbocycles. The maximum absolute atomic E-state index is 10.4. The Morgan fingerprint density at radius 3 is 2.80 bits per heavy atom. The molecule has 0 amide bonds. The Kier molecular flexibility index (Phi) is 8.47. The SMILES string of the molecule is CCCCCCCNCc1cccc(OCC(=O)O)c1. The Labute approximate surface area is 121 Å². The minimum atomic E-state index is -0.958. The largest absolute Gasteiger partial charge is 0.482 e. The number of nitrogens with one attached hydrogen (secondary N) is 1. The smallest absolute Gasteiger partial charge is 0.341 e. The highest BCUT2D eigenvalue weighted by Crippen LogP contribution is 2.13. The number of carboxylic acid groups (broad SMARTS) is 1. The topological polar surface area (TPSA) is 58.6 Å². The van der Waals surface area contributed by atoms with Crippen molar-refractivity contribution >= 4 is 5.97 Å². The first-order valence-corrected chi connectivity index (χ1v) is 7.36. The molecule has 0 atom stereocenters. The van der Waals surface area contributed by atoms with Crippen LogP contribution in [-0.4, -0.2) is 24.2 Å². The highest BCUT2D eigenvalue weighted by molar-refractivity contribution is 5.68. The molecule has 0 aromatic heterocycles. The molecule has 0 spiro atoms. The summed E-state index contributed by atoms with van der Waals surface area (Å²) in [6.45, 7) is 3.73.